The van der Waals surface area contributed by atoms with Crippen LogP contribution in [-0.2, 0) is 5.41 Å². The Bertz CT molecular complexity index is 1560. The van der Waals surface area contributed by atoms with E-state index >= 15 is 0 Å². The summed E-state index contributed by atoms with van der Waals surface area (Å²) in [7, 11) is 0. The SMILES string of the molecule is C/C(=C\CC(C)C)c1c(S)ccc2oc3ccnc(-c4cc(C(C)(C)C)c5sccc5c4)c3c12. The van der Waals surface area contributed by atoms with Crippen molar-refractivity contribution >= 4 is 61.6 Å². The number of fused-ring (bicyclic) bond motifs is 4. The van der Waals surface area contributed by atoms with Gasteiger partial charge in [-0.15, -0.1) is 24.0 Å². The van der Waals surface area contributed by atoms with E-state index in [1.807, 2.05) is 35.7 Å². The van der Waals surface area contributed by atoms with Crippen molar-refractivity contribution in [3.63, 3.8) is 0 Å². The summed E-state index contributed by atoms with van der Waals surface area (Å²) in [6.07, 6.45) is 5.21. The van der Waals surface area contributed by atoms with Gasteiger partial charge in [-0.25, -0.2) is 0 Å². The number of rotatable bonds is 4. The molecule has 34 heavy (non-hydrogen) atoms. The number of thiol groups is 1. The molecule has 0 saturated carbocycles. The Labute approximate surface area is 211 Å². The minimum atomic E-state index is 0.0328. The zero-order valence-electron chi connectivity index (χ0n) is 20.7. The summed E-state index contributed by atoms with van der Waals surface area (Å²) >= 11 is 6.68. The van der Waals surface area contributed by atoms with Crippen LogP contribution >= 0.6 is 24.0 Å². The van der Waals surface area contributed by atoms with Crippen LogP contribution in [0.5, 0.6) is 0 Å². The second kappa shape index (κ2) is 8.58. The van der Waals surface area contributed by atoms with Gasteiger partial charge in [-0.1, -0.05) is 40.7 Å². The van der Waals surface area contributed by atoms with E-state index in [0.29, 0.717) is 5.92 Å². The normalized spacial score (nSPS) is 13.1. The van der Waals surface area contributed by atoms with Gasteiger partial charge in [0.25, 0.3) is 0 Å². The molecular formula is C30H31NOS2. The summed E-state index contributed by atoms with van der Waals surface area (Å²) in [6, 6.07) is 12.9. The van der Waals surface area contributed by atoms with Crippen molar-refractivity contribution in [1.82, 2.24) is 4.98 Å². The van der Waals surface area contributed by atoms with Gasteiger partial charge in [0.15, 0.2) is 0 Å². The molecule has 174 valence electrons. The lowest BCUT2D eigenvalue weighted by Crippen LogP contribution is -2.11. The number of aromatic nitrogens is 1. The van der Waals surface area contributed by atoms with Crippen molar-refractivity contribution in [1.29, 1.82) is 0 Å². The first-order valence-corrected chi connectivity index (χ1v) is 13.2. The number of hydrogen-bond acceptors (Lipinski definition) is 4. The number of furan rings is 1. The van der Waals surface area contributed by atoms with Gasteiger partial charge in [0.2, 0.25) is 0 Å². The molecule has 0 unspecified atom stereocenters. The molecule has 0 amide bonds. The molecule has 5 aromatic rings. The lowest BCUT2D eigenvalue weighted by atomic mass is 9.84. The Morgan fingerprint density at radius 1 is 1.09 bits per heavy atom. The summed E-state index contributed by atoms with van der Waals surface area (Å²) < 4.78 is 7.71. The number of thiophene rings is 1. The highest BCUT2D eigenvalue weighted by Crippen LogP contribution is 2.43. The van der Waals surface area contributed by atoms with Gasteiger partial charge < -0.3 is 4.42 Å². The van der Waals surface area contributed by atoms with Crippen molar-refractivity contribution in [2.24, 2.45) is 5.92 Å². The minimum Gasteiger partial charge on any atom is -0.456 e. The topological polar surface area (TPSA) is 26.0 Å². The highest BCUT2D eigenvalue weighted by molar-refractivity contribution is 7.80. The van der Waals surface area contributed by atoms with E-state index in [9.17, 15) is 0 Å². The first-order chi connectivity index (χ1) is 16.1. The van der Waals surface area contributed by atoms with Crippen molar-refractivity contribution in [3.8, 4) is 11.3 Å². The first-order valence-electron chi connectivity index (χ1n) is 11.9. The molecule has 3 aromatic heterocycles. The fourth-order valence-corrected chi connectivity index (χ4v) is 6.17. The van der Waals surface area contributed by atoms with Crippen LogP contribution in [-0.4, -0.2) is 4.98 Å². The monoisotopic (exact) mass is 485 g/mol. The van der Waals surface area contributed by atoms with Crippen LogP contribution in [0.15, 0.2) is 63.4 Å². The summed E-state index contributed by atoms with van der Waals surface area (Å²) in [5.74, 6) is 0.601. The van der Waals surface area contributed by atoms with E-state index in [-0.39, 0.29) is 5.41 Å². The molecule has 2 nitrogen and oxygen atoms in total. The van der Waals surface area contributed by atoms with E-state index in [2.05, 4.69) is 71.2 Å². The highest BCUT2D eigenvalue weighted by atomic mass is 32.1. The number of allylic oxidation sites excluding steroid dienone is 2. The molecule has 3 heterocycles. The van der Waals surface area contributed by atoms with Crippen LogP contribution in [0.2, 0.25) is 0 Å². The maximum absolute atomic E-state index is 6.36. The van der Waals surface area contributed by atoms with Crippen LogP contribution in [0.25, 0.3) is 48.9 Å². The van der Waals surface area contributed by atoms with Gasteiger partial charge in [0.1, 0.15) is 11.2 Å². The van der Waals surface area contributed by atoms with Gasteiger partial charge in [-0.3, -0.25) is 4.98 Å². The molecule has 0 fully saturated rings. The summed E-state index contributed by atoms with van der Waals surface area (Å²) in [5, 5.41) is 5.61. The molecule has 0 N–H and O–H groups in total. The van der Waals surface area contributed by atoms with E-state index in [1.54, 1.807) is 0 Å². The molecule has 0 aliphatic carbocycles. The molecule has 0 bridgehead atoms. The average molecular weight is 486 g/mol. The zero-order valence-corrected chi connectivity index (χ0v) is 22.4. The van der Waals surface area contributed by atoms with Crippen molar-refractivity contribution in [2.45, 2.75) is 58.3 Å². The largest absolute Gasteiger partial charge is 0.456 e. The number of hydrogen-bond donors (Lipinski definition) is 1. The van der Waals surface area contributed by atoms with E-state index < -0.39 is 0 Å². The third-order valence-electron chi connectivity index (χ3n) is 6.45. The number of pyridine rings is 1. The first kappa shape index (κ1) is 23.2. The Balaban J connectivity index is 1.86. The average Bonchev–Trinajstić information content (AvgIpc) is 3.40. The molecule has 0 radical (unpaired) electrons. The van der Waals surface area contributed by atoms with Crippen LogP contribution in [0, 0.1) is 5.92 Å². The predicted molar refractivity (Wildman–Crippen MR) is 151 cm³/mol. The maximum atomic E-state index is 6.36. The Morgan fingerprint density at radius 2 is 1.85 bits per heavy atom. The van der Waals surface area contributed by atoms with Gasteiger partial charge in [-0.05, 0) is 83.0 Å². The summed E-state index contributed by atoms with van der Waals surface area (Å²) in [5.41, 5.74) is 7.58. The van der Waals surface area contributed by atoms with E-state index in [0.717, 1.165) is 50.1 Å². The smallest absolute Gasteiger partial charge is 0.139 e. The second-order valence-electron chi connectivity index (χ2n) is 10.6. The lowest BCUT2D eigenvalue weighted by molar-refractivity contribution is 0.597. The standard InChI is InChI=1S/C30H31NOS2/c1-17(2)7-8-18(3)25-24(33)10-9-22-26(25)27-23(32-22)11-13-31-28(27)20-15-19-12-14-34-29(19)21(16-20)30(4,5)6/h8-17,33H,7H2,1-6H3/b18-8+. The van der Waals surface area contributed by atoms with E-state index in [4.69, 9.17) is 22.0 Å². The van der Waals surface area contributed by atoms with Crippen molar-refractivity contribution in [3.05, 3.63) is 65.2 Å². The molecular weight excluding hydrogens is 454 g/mol. The van der Waals surface area contributed by atoms with E-state index in [1.165, 1.54) is 21.2 Å². The van der Waals surface area contributed by atoms with Crippen LogP contribution in [0.4, 0.5) is 0 Å². The fraction of sp³-hybridized carbons (Fsp3) is 0.300. The Kier molecular flexibility index (Phi) is 5.86. The Hall–Kier alpha value is -2.56. The number of benzene rings is 2. The molecule has 5 rings (SSSR count). The fourth-order valence-electron chi connectivity index (χ4n) is 4.70. The molecule has 0 saturated heterocycles. The summed E-state index contributed by atoms with van der Waals surface area (Å²) in [4.78, 5) is 5.88. The van der Waals surface area contributed by atoms with Gasteiger partial charge in [0, 0.05) is 32.3 Å². The van der Waals surface area contributed by atoms with Crippen LogP contribution in [0.3, 0.4) is 0 Å². The van der Waals surface area contributed by atoms with Gasteiger partial charge >= 0.3 is 0 Å². The maximum Gasteiger partial charge on any atom is 0.139 e. The molecule has 0 spiro atoms. The Morgan fingerprint density at radius 3 is 2.59 bits per heavy atom. The predicted octanol–water partition coefficient (Wildman–Crippen LogP) is 9.90. The highest BCUT2D eigenvalue weighted by Gasteiger charge is 2.23. The molecule has 2 aromatic carbocycles. The van der Waals surface area contributed by atoms with Gasteiger partial charge in [-0.2, -0.15) is 0 Å². The van der Waals surface area contributed by atoms with Gasteiger partial charge in [0.05, 0.1) is 11.1 Å². The summed E-state index contributed by atoms with van der Waals surface area (Å²) in [6.45, 7) is 13.5. The van der Waals surface area contributed by atoms with Crippen LogP contribution < -0.4 is 0 Å². The second-order valence-corrected chi connectivity index (χ2v) is 12.0. The molecule has 0 aliphatic rings. The van der Waals surface area contributed by atoms with Crippen molar-refractivity contribution in [2.75, 3.05) is 0 Å². The van der Waals surface area contributed by atoms with Crippen LogP contribution in [0.1, 0.15) is 59.1 Å². The zero-order chi connectivity index (χ0) is 24.2. The lowest BCUT2D eigenvalue weighted by Gasteiger charge is -2.21. The minimum absolute atomic E-state index is 0.0328. The molecule has 0 aliphatic heterocycles. The van der Waals surface area contributed by atoms with Crippen molar-refractivity contribution < 1.29 is 4.42 Å². The third-order valence-corrected chi connectivity index (χ3v) is 7.79. The number of nitrogens with zero attached hydrogens (tertiary/aromatic N) is 1. The quantitative estimate of drug-likeness (QED) is 0.256. The third kappa shape index (κ3) is 3.97. The molecule has 4 heteroatoms. The molecule has 0 atom stereocenters.